The van der Waals surface area contributed by atoms with Crippen molar-refractivity contribution in [2.75, 3.05) is 18.5 Å². The second-order valence-electron chi connectivity index (χ2n) is 5.97. The Hall–Kier alpha value is -2.04. The number of rotatable bonds is 6. The monoisotopic (exact) mass is 318 g/mol. The Labute approximate surface area is 137 Å². The molecule has 2 amide bonds. The number of benzene rings is 1. The molecule has 5 heteroatoms. The molecule has 0 bridgehead atoms. The van der Waals surface area contributed by atoms with Gasteiger partial charge in [0.15, 0.2) is 0 Å². The lowest BCUT2D eigenvalue weighted by molar-refractivity contribution is 0.0526. The van der Waals surface area contributed by atoms with E-state index in [-0.39, 0.29) is 12.0 Å². The minimum atomic E-state index is -0.351. The summed E-state index contributed by atoms with van der Waals surface area (Å²) in [6, 6.07) is 6.50. The van der Waals surface area contributed by atoms with E-state index in [9.17, 15) is 9.59 Å². The highest BCUT2D eigenvalue weighted by molar-refractivity contribution is 5.92. The van der Waals surface area contributed by atoms with Crippen LogP contribution in [0, 0.1) is 5.92 Å². The fourth-order valence-electron chi connectivity index (χ4n) is 2.94. The maximum absolute atomic E-state index is 11.9. The van der Waals surface area contributed by atoms with Gasteiger partial charge in [0, 0.05) is 12.2 Å². The van der Waals surface area contributed by atoms with Gasteiger partial charge in [0.1, 0.15) is 0 Å². The number of nitrogens with one attached hydrogen (secondary N) is 2. The SMILES string of the molecule is CCOC(=O)c1ccc(NC(=O)NCCC2CCCCC2)cc1. The summed E-state index contributed by atoms with van der Waals surface area (Å²) in [6.45, 7) is 2.82. The Morgan fingerprint density at radius 1 is 1.13 bits per heavy atom. The summed E-state index contributed by atoms with van der Waals surface area (Å²) in [6.07, 6.45) is 7.63. The largest absolute Gasteiger partial charge is 0.462 e. The predicted octanol–water partition coefficient (Wildman–Crippen LogP) is 3.96. The molecule has 0 unspecified atom stereocenters. The molecule has 1 fully saturated rings. The van der Waals surface area contributed by atoms with Crippen LogP contribution < -0.4 is 10.6 Å². The van der Waals surface area contributed by atoms with E-state index in [1.807, 2.05) is 0 Å². The van der Waals surface area contributed by atoms with Gasteiger partial charge in [-0.2, -0.15) is 0 Å². The van der Waals surface area contributed by atoms with Gasteiger partial charge in [0.2, 0.25) is 0 Å². The van der Waals surface area contributed by atoms with Crippen molar-refractivity contribution < 1.29 is 14.3 Å². The summed E-state index contributed by atoms with van der Waals surface area (Å²) in [5.74, 6) is 0.406. The smallest absolute Gasteiger partial charge is 0.338 e. The second-order valence-corrected chi connectivity index (χ2v) is 5.97. The number of ether oxygens (including phenoxy) is 1. The van der Waals surface area contributed by atoms with E-state index < -0.39 is 0 Å². The van der Waals surface area contributed by atoms with Crippen LogP contribution in [0.1, 0.15) is 55.8 Å². The lowest BCUT2D eigenvalue weighted by Crippen LogP contribution is -2.30. The minimum Gasteiger partial charge on any atom is -0.462 e. The van der Waals surface area contributed by atoms with Crippen LogP contribution in [0.25, 0.3) is 0 Å². The molecule has 23 heavy (non-hydrogen) atoms. The first kappa shape index (κ1) is 17.3. The van der Waals surface area contributed by atoms with Gasteiger partial charge in [-0.3, -0.25) is 0 Å². The molecule has 126 valence electrons. The molecular formula is C18H26N2O3. The number of urea groups is 1. The highest BCUT2D eigenvalue weighted by Gasteiger charge is 2.13. The van der Waals surface area contributed by atoms with E-state index in [2.05, 4.69) is 10.6 Å². The normalized spacial score (nSPS) is 15.0. The lowest BCUT2D eigenvalue weighted by atomic mass is 9.87. The molecule has 1 saturated carbocycles. The molecule has 0 atom stereocenters. The third-order valence-corrected chi connectivity index (χ3v) is 4.22. The van der Waals surface area contributed by atoms with Crippen molar-refractivity contribution in [2.24, 2.45) is 5.92 Å². The van der Waals surface area contributed by atoms with Crippen LogP contribution in [-0.4, -0.2) is 25.2 Å². The number of carbonyl (C=O) groups is 2. The Kier molecular flexibility index (Phi) is 6.91. The molecule has 0 spiro atoms. The number of carbonyl (C=O) groups excluding carboxylic acids is 2. The van der Waals surface area contributed by atoms with Crippen LogP contribution in [0.15, 0.2) is 24.3 Å². The van der Waals surface area contributed by atoms with Crippen LogP contribution in [0.4, 0.5) is 10.5 Å². The van der Waals surface area contributed by atoms with E-state index in [4.69, 9.17) is 4.74 Å². The van der Waals surface area contributed by atoms with Crippen molar-refractivity contribution >= 4 is 17.7 Å². The van der Waals surface area contributed by atoms with Crippen LogP contribution in [0.3, 0.4) is 0 Å². The van der Waals surface area contributed by atoms with Crippen molar-refractivity contribution in [3.63, 3.8) is 0 Å². The molecule has 0 aliphatic heterocycles. The van der Waals surface area contributed by atoms with E-state index in [1.165, 1.54) is 32.1 Å². The van der Waals surface area contributed by atoms with Crippen molar-refractivity contribution in [1.29, 1.82) is 0 Å². The highest BCUT2D eigenvalue weighted by Crippen LogP contribution is 2.25. The Morgan fingerprint density at radius 3 is 2.48 bits per heavy atom. The second kappa shape index (κ2) is 9.18. The first-order valence-corrected chi connectivity index (χ1v) is 8.51. The lowest BCUT2D eigenvalue weighted by Gasteiger charge is -2.21. The number of hydrogen-bond donors (Lipinski definition) is 2. The van der Waals surface area contributed by atoms with Gasteiger partial charge in [0.25, 0.3) is 0 Å². The zero-order valence-electron chi connectivity index (χ0n) is 13.8. The maximum Gasteiger partial charge on any atom is 0.338 e. The summed E-state index contributed by atoms with van der Waals surface area (Å²) < 4.78 is 4.92. The van der Waals surface area contributed by atoms with Gasteiger partial charge in [0.05, 0.1) is 12.2 Å². The average molecular weight is 318 g/mol. The van der Waals surface area contributed by atoms with E-state index in [1.54, 1.807) is 31.2 Å². The average Bonchev–Trinajstić information content (AvgIpc) is 2.57. The molecule has 1 aliphatic carbocycles. The van der Waals surface area contributed by atoms with E-state index in [0.717, 1.165) is 12.3 Å². The van der Waals surface area contributed by atoms with E-state index in [0.29, 0.717) is 24.4 Å². The molecule has 2 N–H and O–H groups in total. The molecule has 5 nitrogen and oxygen atoms in total. The van der Waals surface area contributed by atoms with Gasteiger partial charge in [-0.15, -0.1) is 0 Å². The Balaban J connectivity index is 1.71. The first-order valence-electron chi connectivity index (χ1n) is 8.51. The molecule has 1 aromatic rings. The number of anilines is 1. The molecule has 0 saturated heterocycles. The van der Waals surface area contributed by atoms with Gasteiger partial charge in [-0.25, -0.2) is 9.59 Å². The van der Waals surface area contributed by atoms with Crippen LogP contribution >= 0.6 is 0 Å². The first-order chi connectivity index (χ1) is 11.2. The zero-order valence-corrected chi connectivity index (χ0v) is 13.8. The highest BCUT2D eigenvalue weighted by atomic mass is 16.5. The Bertz CT molecular complexity index is 508. The van der Waals surface area contributed by atoms with Crippen LogP contribution in [0.5, 0.6) is 0 Å². The fraction of sp³-hybridized carbons (Fsp3) is 0.556. The Morgan fingerprint density at radius 2 is 1.83 bits per heavy atom. The van der Waals surface area contributed by atoms with Crippen molar-refractivity contribution in [3.05, 3.63) is 29.8 Å². The van der Waals surface area contributed by atoms with Gasteiger partial charge >= 0.3 is 12.0 Å². The van der Waals surface area contributed by atoms with E-state index >= 15 is 0 Å². The number of amides is 2. The molecule has 0 aromatic heterocycles. The molecule has 2 rings (SSSR count). The maximum atomic E-state index is 11.9. The summed E-state index contributed by atoms with van der Waals surface area (Å²) >= 11 is 0. The standard InChI is InChI=1S/C18H26N2O3/c1-2-23-17(21)15-8-10-16(11-9-15)20-18(22)19-13-12-14-6-4-3-5-7-14/h8-11,14H,2-7,12-13H2,1H3,(H2,19,20,22). The summed E-state index contributed by atoms with van der Waals surface area (Å²) in [5.41, 5.74) is 1.14. The predicted molar refractivity (Wildman–Crippen MR) is 90.6 cm³/mol. The van der Waals surface area contributed by atoms with Crippen molar-refractivity contribution in [3.8, 4) is 0 Å². The summed E-state index contributed by atoms with van der Waals surface area (Å²) in [7, 11) is 0. The van der Waals surface area contributed by atoms with Gasteiger partial charge in [-0.05, 0) is 43.5 Å². The minimum absolute atomic E-state index is 0.204. The third kappa shape index (κ3) is 5.93. The fourth-order valence-corrected chi connectivity index (χ4v) is 2.94. The quantitative estimate of drug-likeness (QED) is 0.780. The van der Waals surface area contributed by atoms with Crippen LogP contribution in [-0.2, 0) is 4.74 Å². The molecule has 1 aromatic carbocycles. The van der Waals surface area contributed by atoms with Crippen LogP contribution in [0.2, 0.25) is 0 Å². The number of hydrogen-bond acceptors (Lipinski definition) is 3. The topological polar surface area (TPSA) is 67.4 Å². The zero-order chi connectivity index (χ0) is 16.5. The van der Waals surface area contributed by atoms with Gasteiger partial charge < -0.3 is 15.4 Å². The third-order valence-electron chi connectivity index (χ3n) is 4.22. The summed E-state index contributed by atoms with van der Waals surface area (Å²) in [4.78, 5) is 23.4. The number of esters is 1. The molecular weight excluding hydrogens is 292 g/mol. The molecule has 0 heterocycles. The van der Waals surface area contributed by atoms with Gasteiger partial charge in [-0.1, -0.05) is 32.1 Å². The molecule has 1 aliphatic rings. The summed E-state index contributed by atoms with van der Waals surface area (Å²) in [5, 5.41) is 5.67. The molecule has 0 radical (unpaired) electrons. The van der Waals surface area contributed by atoms with Crippen molar-refractivity contribution in [2.45, 2.75) is 45.4 Å². The van der Waals surface area contributed by atoms with Crippen molar-refractivity contribution in [1.82, 2.24) is 5.32 Å².